The predicted octanol–water partition coefficient (Wildman–Crippen LogP) is 0.986. The molecule has 0 radical (unpaired) electrons. The molecule has 0 spiro atoms. The predicted molar refractivity (Wildman–Crippen MR) is 37.6 cm³/mol. The Kier molecular flexibility index (Phi) is 3.25. The van der Waals surface area contributed by atoms with Crippen molar-refractivity contribution in [1.82, 2.24) is 0 Å². The molecule has 0 aromatic carbocycles. The van der Waals surface area contributed by atoms with Crippen LogP contribution in [0.5, 0.6) is 0 Å². The third-order valence-electron chi connectivity index (χ3n) is 1.06. The zero-order valence-electron chi connectivity index (χ0n) is 6.17. The fourth-order valence-electron chi connectivity index (χ4n) is 0.271. The van der Waals surface area contributed by atoms with Crippen LogP contribution in [-0.4, -0.2) is 16.9 Å². The number of hydrogen-bond donors (Lipinski definition) is 0. The zero-order valence-corrected chi connectivity index (χ0v) is 6.92. The summed E-state index contributed by atoms with van der Waals surface area (Å²) in [4.78, 5) is 24.2. The number of nitrogens with zero attached hydrogens (tertiary/aromatic N) is 1. The van der Waals surface area contributed by atoms with Crippen LogP contribution >= 0.6 is 11.6 Å². The minimum Gasteiger partial charge on any atom is -0.313 e. The smallest absolute Gasteiger partial charge is 0.294 e. The highest BCUT2D eigenvalue weighted by Gasteiger charge is 2.27. The molecule has 0 rings (SSSR count). The maximum atomic E-state index is 10.5. The Morgan fingerprint density at radius 2 is 2.18 bits per heavy atom. The molecule has 0 aromatic heterocycles. The highest BCUT2D eigenvalue weighted by Crippen LogP contribution is 2.18. The molecule has 0 aromatic rings. The van der Waals surface area contributed by atoms with Crippen molar-refractivity contribution in [2.75, 3.05) is 6.61 Å². The summed E-state index contributed by atoms with van der Waals surface area (Å²) in [6, 6.07) is 0. The lowest BCUT2D eigenvalue weighted by molar-refractivity contribution is -0.760. The van der Waals surface area contributed by atoms with E-state index in [9.17, 15) is 14.9 Å². The van der Waals surface area contributed by atoms with Crippen LogP contribution in [-0.2, 0) is 9.63 Å². The molecule has 0 aliphatic rings. The van der Waals surface area contributed by atoms with E-state index < -0.39 is 15.7 Å². The van der Waals surface area contributed by atoms with Gasteiger partial charge in [-0.05, 0) is 25.4 Å². The Morgan fingerprint density at radius 3 is 2.45 bits per heavy atom. The van der Waals surface area contributed by atoms with Crippen LogP contribution in [0.3, 0.4) is 0 Å². The maximum absolute atomic E-state index is 10.5. The van der Waals surface area contributed by atoms with Crippen LogP contribution in [0.1, 0.15) is 13.8 Å². The van der Waals surface area contributed by atoms with Crippen LogP contribution in [0.4, 0.5) is 0 Å². The Labute approximate surface area is 68.4 Å². The highest BCUT2D eigenvalue weighted by atomic mass is 35.5. The number of carbonyl (C=O) groups excluding carboxylic acids is 1. The van der Waals surface area contributed by atoms with E-state index in [0.29, 0.717) is 0 Å². The first-order valence-electron chi connectivity index (χ1n) is 2.83. The van der Waals surface area contributed by atoms with Crippen LogP contribution in [0.2, 0.25) is 0 Å². The van der Waals surface area contributed by atoms with Gasteiger partial charge in [-0.15, -0.1) is 10.1 Å². The summed E-state index contributed by atoms with van der Waals surface area (Å²) in [5.74, 6) is 0. The Hall–Kier alpha value is -0.840. The summed E-state index contributed by atoms with van der Waals surface area (Å²) >= 11 is 5.11. The minimum atomic E-state index is -1.01. The molecule has 5 nitrogen and oxygen atoms in total. The van der Waals surface area contributed by atoms with Crippen molar-refractivity contribution in [2.45, 2.75) is 13.8 Å². The Morgan fingerprint density at radius 1 is 1.73 bits per heavy atom. The van der Waals surface area contributed by atoms with Crippen molar-refractivity contribution in [3.8, 4) is 0 Å². The van der Waals surface area contributed by atoms with Gasteiger partial charge in [-0.25, -0.2) is 0 Å². The Balaban J connectivity index is 3.92. The van der Waals surface area contributed by atoms with E-state index in [1.54, 1.807) is 0 Å². The molecule has 0 unspecified atom stereocenters. The van der Waals surface area contributed by atoms with E-state index in [0.717, 1.165) is 0 Å². The van der Waals surface area contributed by atoms with Gasteiger partial charge in [-0.2, -0.15) is 0 Å². The second kappa shape index (κ2) is 3.52. The van der Waals surface area contributed by atoms with Gasteiger partial charge in [0.2, 0.25) is 5.24 Å². The first-order chi connectivity index (χ1) is 4.86. The molecule has 0 fully saturated rings. The van der Waals surface area contributed by atoms with Gasteiger partial charge < -0.3 is 4.84 Å². The van der Waals surface area contributed by atoms with Gasteiger partial charge in [0.25, 0.3) is 5.09 Å². The van der Waals surface area contributed by atoms with Crippen molar-refractivity contribution >= 4 is 16.8 Å². The molecule has 0 aliphatic carbocycles. The molecular formula is C5H8ClNO4. The van der Waals surface area contributed by atoms with Crippen molar-refractivity contribution in [3.63, 3.8) is 0 Å². The second-order valence-electron chi connectivity index (χ2n) is 2.65. The fourth-order valence-corrected chi connectivity index (χ4v) is 0.325. The SMILES string of the molecule is CC(C)(CO[N+](=O)[O-])C(=O)Cl. The third-order valence-corrected chi connectivity index (χ3v) is 1.57. The van der Waals surface area contributed by atoms with E-state index in [-0.39, 0.29) is 6.61 Å². The minimum absolute atomic E-state index is 0.317. The average molecular weight is 182 g/mol. The molecule has 0 saturated carbocycles. The van der Waals surface area contributed by atoms with E-state index in [2.05, 4.69) is 4.84 Å². The fraction of sp³-hybridized carbons (Fsp3) is 0.800. The maximum Gasteiger partial charge on any atom is 0.294 e. The van der Waals surface area contributed by atoms with Crippen molar-refractivity contribution < 1.29 is 14.7 Å². The van der Waals surface area contributed by atoms with Crippen LogP contribution in [0.15, 0.2) is 0 Å². The second-order valence-corrected chi connectivity index (χ2v) is 3.00. The average Bonchev–Trinajstić information content (AvgIpc) is 1.84. The standard InChI is InChI=1S/C5H8ClNO4/c1-5(2,4(6)8)3-11-7(9)10/h3H2,1-2H3. The molecule has 0 amide bonds. The molecular weight excluding hydrogens is 174 g/mol. The molecule has 0 heterocycles. The van der Waals surface area contributed by atoms with Crippen molar-refractivity contribution in [2.24, 2.45) is 5.41 Å². The van der Waals surface area contributed by atoms with Crippen molar-refractivity contribution in [1.29, 1.82) is 0 Å². The molecule has 6 heteroatoms. The van der Waals surface area contributed by atoms with Crippen LogP contribution < -0.4 is 0 Å². The largest absolute Gasteiger partial charge is 0.313 e. The van der Waals surface area contributed by atoms with Crippen LogP contribution in [0.25, 0.3) is 0 Å². The summed E-state index contributed by atoms with van der Waals surface area (Å²) in [7, 11) is 0. The molecule has 0 aliphatic heterocycles. The lowest BCUT2D eigenvalue weighted by Crippen LogP contribution is -2.27. The topological polar surface area (TPSA) is 69.4 Å². The van der Waals surface area contributed by atoms with Gasteiger partial charge in [-0.1, -0.05) is 0 Å². The van der Waals surface area contributed by atoms with E-state index in [1.165, 1.54) is 13.8 Å². The first-order valence-corrected chi connectivity index (χ1v) is 3.21. The van der Waals surface area contributed by atoms with Gasteiger partial charge in [0.1, 0.15) is 6.61 Å². The lowest BCUT2D eigenvalue weighted by atomic mass is 9.97. The molecule has 64 valence electrons. The molecule has 0 N–H and O–H groups in total. The molecule has 0 bridgehead atoms. The number of halogens is 1. The first kappa shape index (κ1) is 10.2. The monoisotopic (exact) mass is 181 g/mol. The normalized spacial score (nSPS) is 10.8. The highest BCUT2D eigenvalue weighted by molar-refractivity contribution is 6.64. The number of rotatable bonds is 4. The summed E-state index contributed by atoms with van der Waals surface area (Å²) < 4.78 is 0. The third kappa shape index (κ3) is 3.77. The Bertz CT molecular complexity index is 179. The van der Waals surface area contributed by atoms with E-state index in [4.69, 9.17) is 11.6 Å². The number of carbonyl (C=O) groups is 1. The summed E-state index contributed by atoms with van der Waals surface area (Å²) in [6.45, 7) is 2.61. The van der Waals surface area contributed by atoms with Gasteiger partial charge in [-0.3, -0.25) is 4.79 Å². The van der Waals surface area contributed by atoms with Crippen molar-refractivity contribution in [3.05, 3.63) is 10.1 Å². The van der Waals surface area contributed by atoms with Gasteiger partial charge in [0.15, 0.2) is 0 Å². The summed E-state index contributed by atoms with van der Waals surface area (Å²) in [5, 5.41) is 8.09. The summed E-state index contributed by atoms with van der Waals surface area (Å²) in [5.41, 5.74) is -1.01. The number of hydrogen-bond acceptors (Lipinski definition) is 4. The lowest BCUT2D eigenvalue weighted by Gasteiger charge is -2.16. The van der Waals surface area contributed by atoms with E-state index >= 15 is 0 Å². The molecule has 11 heavy (non-hydrogen) atoms. The van der Waals surface area contributed by atoms with Gasteiger partial charge in [0, 0.05) is 0 Å². The molecule has 0 saturated heterocycles. The zero-order chi connectivity index (χ0) is 9.07. The summed E-state index contributed by atoms with van der Waals surface area (Å²) in [6.07, 6.45) is 0. The van der Waals surface area contributed by atoms with Crippen LogP contribution in [0, 0.1) is 15.5 Å². The van der Waals surface area contributed by atoms with Gasteiger partial charge in [0.05, 0.1) is 5.41 Å². The molecule has 0 atom stereocenters. The van der Waals surface area contributed by atoms with Gasteiger partial charge >= 0.3 is 0 Å². The van der Waals surface area contributed by atoms with E-state index in [1.807, 2.05) is 0 Å². The quantitative estimate of drug-likeness (QED) is 0.368.